The first kappa shape index (κ1) is 14.4. The lowest BCUT2D eigenvalue weighted by atomic mass is 10.2. The summed E-state index contributed by atoms with van der Waals surface area (Å²) >= 11 is 0. The minimum atomic E-state index is 0.119. The largest absolute Gasteiger partial charge is 0.380 e. The van der Waals surface area contributed by atoms with Gasteiger partial charge < -0.3 is 15.4 Å². The Morgan fingerprint density at radius 3 is 2.67 bits per heavy atom. The van der Waals surface area contributed by atoms with Crippen LogP contribution in [-0.4, -0.2) is 38.3 Å². The zero-order valence-corrected chi connectivity index (χ0v) is 10.1. The lowest BCUT2D eigenvalue weighted by Gasteiger charge is -2.11. The molecular weight excluding hydrogens is 192 g/mol. The van der Waals surface area contributed by atoms with Gasteiger partial charge in [-0.15, -0.1) is 0 Å². The maximum atomic E-state index is 11.3. The van der Waals surface area contributed by atoms with Crippen molar-refractivity contribution in [1.29, 1.82) is 0 Å². The zero-order valence-electron chi connectivity index (χ0n) is 10.1. The van der Waals surface area contributed by atoms with Crippen LogP contribution in [0, 0.1) is 0 Å². The van der Waals surface area contributed by atoms with E-state index in [0.717, 1.165) is 26.1 Å². The SMILES string of the molecule is CCOCCNCCC(=O)NC(C)CC. The lowest BCUT2D eigenvalue weighted by Crippen LogP contribution is -2.34. The molecule has 0 radical (unpaired) electrons. The normalized spacial score (nSPS) is 12.5. The van der Waals surface area contributed by atoms with E-state index in [9.17, 15) is 4.79 Å². The van der Waals surface area contributed by atoms with Crippen molar-refractivity contribution in [3.8, 4) is 0 Å². The maximum Gasteiger partial charge on any atom is 0.221 e. The van der Waals surface area contributed by atoms with Gasteiger partial charge >= 0.3 is 0 Å². The summed E-state index contributed by atoms with van der Waals surface area (Å²) in [6.45, 7) is 9.03. The van der Waals surface area contributed by atoms with E-state index in [1.165, 1.54) is 0 Å². The number of amides is 1. The number of hydrogen-bond acceptors (Lipinski definition) is 3. The van der Waals surface area contributed by atoms with Crippen molar-refractivity contribution >= 4 is 5.91 Å². The van der Waals surface area contributed by atoms with Crippen molar-refractivity contribution in [1.82, 2.24) is 10.6 Å². The second-order valence-corrected chi connectivity index (χ2v) is 3.57. The van der Waals surface area contributed by atoms with E-state index in [-0.39, 0.29) is 11.9 Å². The fraction of sp³-hybridized carbons (Fsp3) is 0.909. The number of carbonyl (C=O) groups excluding carboxylic acids is 1. The molecule has 0 spiro atoms. The number of nitrogens with one attached hydrogen (secondary N) is 2. The van der Waals surface area contributed by atoms with Crippen LogP contribution >= 0.6 is 0 Å². The molecule has 0 saturated heterocycles. The van der Waals surface area contributed by atoms with E-state index in [4.69, 9.17) is 4.74 Å². The molecule has 15 heavy (non-hydrogen) atoms. The Kier molecular flexibility index (Phi) is 9.52. The summed E-state index contributed by atoms with van der Waals surface area (Å²) in [5.41, 5.74) is 0. The van der Waals surface area contributed by atoms with Crippen LogP contribution in [0.4, 0.5) is 0 Å². The van der Waals surface area contributed by atoms with Crippen molar-refractivity contribution in [2.75, 3.05) is 26.3 Å². The summed E-state index contributed by atoms with van der Waals surface area (Å²) < 4.78 is 5.16. The molecule has 1 atom stereocenters. The average Bonchev–Trinajstić information content (AvgIpc) is 2.23. The topological polar surface area (TPSA) is 50.4 Å². The van der Waals surface area contributed by atoms with Crippen LogP contribution in [0.15, 0.2) is 0 Å². The van der Waals surface area contributed by atoms with E-state index < -0.39 is 0 Å². The molecule has 0 aromatic rings. The first-order valence-electron chi connectivity index (χ1n) is 5.78. The van der Waals surface area contributed by atoms with E-state index in [1.54, 1.807) is 0 Å². The van der Waals surface area contributed by atoms with Gasteiger partial charge in [0.2, 0.25) is 5.91 Å². The standard InChI is InChI=1S/C11H24N2O2/c1-4-10(3)13-11(14)6-7-12-8-9-15-5-2/h10,12H,4-9H2,1-3H3,(H,13,14). The van der Waals surface area contributed by atoms with Crippen molar-refractivity contribution in [3.63, 3.8) is 0 Å². The molecule has 90 valence electrons. The Hall–Kier alpha value is -0.610. The van der Waals surface area contributed by atoms with Crippen LogP contribution in [-0.2, 0) is 9.53 Å². The van der Waals surface area contributed by atoms with Gasteiger partial charge in [-0.05, 0) is 20.3 Å². The van der Waals surface area contributed by atoms with Crippen LogP contribution in [0.3, 0.4) is 0 Å². The second kappa shape index (κ2) is 9.93. The van der Waals surface area contributed by atoms with Gasteiger partial charge in [0, 0.05) is 32.2 Å². The van der Waals surface area contributed by atoms with Crippen molar-refractivity contribution in [2.24, 2.45) is 0 Å². The smallest absolute Gasteiger partial charge is 0.221 e. The Bertz CT molecular complexity index is 163. The maximum absolute atomic E-state index is 11.3. The van der Waals surface area contributed by atoms with Gasteiger partial charge in [0.25, 0.3) is 0 Å². The van der Waals surface area contributed by atoms with E-state index >= 15 is 0 Å². The Labute approximate surface area is 92.8 Å². The van der Waals surface area contributed by atoms with Crippen LogP contribution in [0.25, 0.3) is 0 Å². The van der Waals surface area contributed by atoms with E-state index in [2.05, 4.69) is 17.6 Å². The Morgan fingerprint density at radius 1 is 1.33 bits per heavy atom. The quantitative estimate of drug-likeness (QED) is 0.563. The highest BCUT2D eigenvalue weighted by Gasteiger charge is 2.03. The summed E-state index contributed by atoms with van der Waals surface area (Å²) in [5.74, 6) is 0.119. The summed E-state index contributed by atoms with van der Waals surface area (Å²) in [5, 5.41) is 6.08. The second-order valence-electron chi connectivity index (χ2n) is 3.57. The monoisotopic (exact) mass is 216 g/mol. The van der Waals surface area contributed by atoms with Gasteiger partial charge in [0.15, 0.2) is 0 Å². The van der Waals surface area contributed by atoms with E-state index in [1.807, 2.05) is 13.8 Å². The predicted molar refractivity (Wildman–Crippen MR) is 61.9 cm³/mol. The van der Waals surface area contributed by atoms with Gasteiger partial charge in [-0.1, -0.05) is 6.92 Å². The highest BCUT2D eigenvalue weighted by atomic mass is 16.5. The van der Waals surface area contributed by atoms with Crippen molar-refractivity contribution < 1.29 is 9.53 Å². The highest BCUT2D eigenvalue weighted by Crippen LogP contribution is 1.88. The van der Waals surface area contributed by atoms with Crippen molar-refractivity contribution in [3.05, 3.63) is 0 Å². The molecule has 2 N–H and O–H groups in total. The number of rotatable bonds is 9. The Balaban J connectivity index is 3.24. The fourth-order valence-electron chi connectivity index (χ4n) is 1.06. The summed E-state index contributed by atoms with van der Waals surface area (Å²) in [6, 6.07) is 0.279. The molecule has 0 aliphatic rings. The molecule has 4 nitrogen and oxygen atoms in total. The summed E-state index contributed by atoms with van der Waals surface area (Å²) in [4.78, 5) is 11.3. The first-order valence-corrected chi connectivity index (χ1v) is 5.78. The molecule has 1 unspecified atom stereocenters. The molecule has 0 aromatic carbocycles. The number of hydrogen-bond donors (Lipinski definition) is 2. The summed E-state index contributed by atoms with van der Waals surface area (Å²) in [7, 11) is 0. The van der Waals surface area contributed by atoms with Gasteiger partial charge in [-0.3, -0.25) is 4.79 Å². The molecule has 1 amide bonds. The van der Waals surface area contributed by atoms with Gasteiger partial charge in [-0.2, -0.15) is 0 Å². The molecule has 0 rings (SSSR count). The lowest BCUT2D eigenvalue weighted by molar-refractivity contribution is -0.121. The van der Waals surface area contributed by atoms with Crippen LogP contribution in [0.5, 0.6) is 0 Å². The molecular formula is C11H24N2O2. The molecule has 0 saturated carbocycles. The first-order chi connectivity index (χ1) is 7.20. The number of ether oxygens (including phenoxy) is 1. The third-order valence-corrected chi connectivity index (χ3v) is 2.18. The number of carbonyl (C=O) groups is 1. The molecule has 0 bridgehead atoms. The third kappa shape index (κ3) is 9.69. The highest BCUT2D eigenvalue weighted by molar-refractivity contribution is 5.76. The van der Waals surface area contributed by atoms with Gasteiger partial charge in [0.1, 0.15) is 0 Å². The molecule has 0 aliphatic carbocycles. The zero-order chi connectivity index (χ0) is 11.5. The minimum Gasteiger partial charge on any atom is -0.380 e. The molecule has 4 heteroatoms. The van der Waals surface area contributed by atoms with Gasteiger partial charge in [0.05, 0.1) is 6.61 Å². The Morgan fingerprint density at radius 2 is 2.07 bits per heavy atom. The molecule has 0 aromatic heterocycles. The van der Waals surface area contributed by atoms with Gasteiger partial charge in [-0.25, -0.2) is 0 Å². The molecule has 0 fully saturated rings. The predicted octanol–water partition coefficient (Wildman–Crippen LogP) is 0.917. The van der Waals surface area contributed by atoms with E-state index in [0.29, 0.717) is 13.0 Å². The summed E-state index contributed by atoms with van der Waals surface area (Å²) in [6.07, 6.45) is 1.51. The molecule has 0 heterocycles. The fourth-order valence-corrected chi connectivity index (χ4v) is 1.06. The van der Waals surface area contributed by atoms with Crippen LogP contribution in [0.1, 0.15) is 33.6 Å². The average molecular weight is 216 g/mol. The third-order valence-electron chi connectivity index (χ3n) is 2.18. The molecule has 0 aliphatic heterocycles. The van der Waals surface area contributed by atoms with Crippen LogP contribution in [0.2, 0.25) is 0 Å². The van der Waals surface area contributed by atoms with Crippen LogP contribution < -0.4 is 10.6 Å². The van der Waals surface area contributed by atoms with Crippen molar-refractivity contribution in [2.45, 2.75) is 39.7 Å². The minimum absolute atomic E-state index is 0.119.